The minimum absolute atomic E-state index is 0.0314. The quantitative estimate of drug-likeness (QED) is 0.376. The second-order valence-electron chi connectivity index (χ2n) is 7.91. The first kappa shape index (κ1) is 23.9. The number of aryl methyl sites for hydroxylation is 1. The van der Waals surface area contributed by atoms with Crippen molar-refractivity contribution in [3.63, 3.8) is 0 Å². The van der Waals surface area contributed by atoms with Gasteiger partial charge in [-0.25, -0.2) is 0 Å². The molecular weight excluding hydrogens is 472 g/mol. The predicted octanol–water partition coefficient (Wildman–Crippen LogP) is 4.24. The van der Waals surface area contributed by atoms with Gasteiger partial charge in [-0.2, -0.15) is 5.10 Å². The van der Waals surface area contributed by atoms with Crippen LogP contribution in [-0.4, -0.2) is 27.4 Å². The summed E-state index contributed by atoms with van der Waals surface area (Å²) in [6.07, 6.45) is 3.51. The number of hydrogen-bond acceptors (Lipinski definition) is 5. The van der Waals surface area contributed by atoms with Gasteiger partial charge in [-0.05, 0) is 30.2 Å². The molecule has 1 amide bonds. The molecule has 3 aromatic heterocycles. The average molecular weight is 497 g/mol. The Morgan fingerprint density at radius 3 is 2.53 bits per heavy atom. The lowest BCUT2D eigenvalue weighted by Crippen LogP contribution is -2.23. The number of aromatic nitrogens is 3. The highest BCUT2D eigenvalue weighted by atomic mass is 35.5. The highest BCUT2D eigenvalue weighted by molar-refractivity contribution is 7.12. The highest BCUT2D eigenvalue weighted by Gasteiger charge is 2.17. The first-order valence-corrected chi connectivity index (χ1v) is 11.9. The van der Waals surface area contributed by atoms with Crippen LogP contribution in [0.5, 0.6) is 0 Å². The molecule has 0 aliphatic rings. The number of thiophene rings is 1. The summed E-state index contributed by atoms with van der Waals surface area (Å²) in [6.45, 7) is 3.60. The zero-order chi connectivity index (χ0) is 24.1. The molecule has 1 N–H and O–H groups in total. The van der Waals surface area contributed by atoms with Crippen LogP contribution < -0.4 is 10.9 Å². The standard InChI is InChI=1S/C25H25ClN4O3S/c1-17-11-21(26)23(34-17)12-27-25(32)20-15-30(28-22(20)16-33-2)14-19-8-6-18(7-9-19)13-29-10-4-3-5-24(29)31/h3-11,15H,12-14,16H2,1-2H3,(H,27,32). The van der Waals surface area contributed by atoms with E-state index in [0.717, 1.165) is 20.9 Å². The van der Waals surface area contributed by atoms with Crippen LogP contribution in [0.15, 0.2) is 65.7 Å². The molecule has 1 aromatic carbocycles. The van der Waals surface area contributed by atoms with E-state index in [1.54, 1.807) is 52.2 Å². The normalized spacial score (nSPS) is 11.0. The summed E-state index contributed by atoms with van der Waals surface area (Å²) in [4.78, 5) is 26.8. The van der Waals surface area contributed by atoms with Gasteiger partial charge in [-0.3, -0.25) is 14.3 Å². The van der Waals surface area contributed by atoms with E-state index in [9.17, 15) is 9.59 Å². The minimum atomic E-state index is -0.218. The summed E-state index contributed by atoms with van der Waals surface area (Å²) < 4.78 is 8.65. The highest BCUT2D eigenvalue weighted by Crippen LogP contribution is 2.26. The van der Waals surface area contributed by atoms with Gasteiger partial charge in [0, 0.05) is 35.3 Å². The van der Waals surface area contributed by atoms with Gasteiger partial charge in [-0.15, -0.1) is 11.3 Å². The summed E-state index contributed by atoms with van der Waals surface area (Å²) in [7, 11) is 1.58. The molecule has 7 nitrogen and oxygen atoms in total. The Labute approximate surface area is 206 Å². The molecule has 0 unspecified atom stereocenters. The van der Waals surface area contributed by atoms with Gasteiger partial charge in [0.1, 0.15) is 5.69 Å². The van der Waals surface area contributed by atoms with Crippen molar-refractivity contribution >= 4 is 28.8 Å². The smallest absolute Gasteiger partial charge is 0.255 e. The van der Waals surface area contributed by atoms with Gasteiger partial charge in [0.2, 0.25) is 0 Å². The van der Waals surface area contributed by atoms with E-state index in [1.165, 1.54) is 0 Å². The van der Waals surface area contributed by atoms with E-state index in [1.807, 2.05) is 43.3 Å². The average Bonchev–Trinajstić information content (AvgIpc) is 3.36. The second kappa shape index (κ2) is 10.8. The summed E-state index contributed by atoms with van der Waals surface area (Å²) in [5, 5.41) is 8.15. The van der Waals surface area contributed by atoms with Crippen molar-refractivity contribution in [2.45, 2.75) is 33.2 Å². The zero-order valence-corrected chi connectivity index (χ0v) is 20.5. The second-order valence-corrected chi connectivity index (χ2v) is 9.66. The minimum Gasteiger partial charge on any atom is -0.378 e. The molecule has 9 heteroatoms. The molecule has 0 aliphatic heterocycles. The van der Waals surface area contributed by atoms with Crippen molar-refractivity contribution in [1.82, 2.24) is 19.7 Å². The van der Waals surface area contributed by atoms with Crippen molar-refractivity contribution in [3.8, 4) is 0 Å². The topological polar surface area (TPSA) is 78.2 Å². The molecule has 0 aliphatic carbocycles. The third kappa shape index (κ3) is 5.83. The van der Waals surface area contributed by atoms with Crippen LogP contribution in [0.25, 0.3) is 0 Å². The van der Waals surface area contributed by atoms with Gasteiger partial charge >= 0.3 is 0 Å². The third-order valence-corrected chi connectivity index (χ3v) is 6.77. The number of halogens is 1. The molecule has 0 bridgehead atoms. The predicted molar refractivity (Wildman–Crippen MR) is 134 cm³/mol. The molecule has 4 rings (SSSR count). The van der Waals surface area contributed by atoms with Crippen molar-refractivity contribution in [2.24, 2.45) is 0 Å². The fourth-order valence-electron chi connectivity index (χ4n) is 3.61. The lowest BCUT2D eigenvalue weighted by atomic mass is 10.1. The van der Waals surface area contributed by atoms with Crippen molar-refractivity contribution < 1.29 is 9.53 Å². The fourth-order valence-corrected chi connectivity index (χ4v) is 4.89. The molecule has 176 valence electrons. The van der Waals surface area contributed by atoms with E-state index in [-0.39, 0.29) is 18.1 Å². The van der Waals surface area contributed by atoms with Gasteiger partial charge < -0.3 is 14.6 Å². The van der Waals surface area contributed by atoms with Crippen molar-refractivity contribution in [2.75, 3.05) is 7.11 Å². The maximum atomic E-state index is 12.9. The molecule has 0 radical (unpaired) electrons. The van der Waals surface area contributed by atoms with Crippen molar-refractivity contribution in [3.05, 3.63) is 108 Å². The van der Waals surface area contributed by atoms with Gasteiger partial charge in [-0.1, -0.05) is 41.9 Å². The van der Waals surface area contributed by atoms with Crippen LogP contribution in [0, 0.1) is 6.92 Å². The molecule has 0 saturated carbocycles. The van der Waals surface area contributed by atoms with Gasteiger partial charge in [0.25, 0.3) is 11.5 Å². The van der Waals surface area contributed by atoms with E-state index in [0.29, 0.717) is 35.9 Å². The molecule has 3 heterocycles. The Morgan fingerprint density at radius 1 is 1.15 bits per heavy atom. The first-order valence-electron chi connectivity index (χ1n) is 10.7. The molecular formula is C25H25ClN4O3S. The summed E-state index contributed by atoms with van der Waals surface area (Å²) >= 11 is 7.78. The van der Waals surface area contributed by atoms with Crippen LogP contribution in [0.1, 0.15) is 36.9 Å². The summed E-state index contributed by atoms with van der Waals surface area (Å²) in [5.74, 6) is -0.218. The van der Waals surface area contributed by atoms with Gasteiger partial charge in [0.05, 0.1) is 36.8 Å². The first-order chi connectivity index (χ1) is 16.4. The molecule has 0 saturated heterocycles. The van der Waals surface area contributed by atoms with Gasteiger partial charge in [0.15, 0.2) is 0 Å². The van der Waals surface area contributed by atoms with Crippen LogP contribution in [0.2, 0.25) is 5.02 Å². The number of methoxy groups -OCH3 is 1. The Morgan fingerprint density at radius 2 is 1.88 bits per heavy atom. The monoisotopic (exact) mass is 496 g/mol. The molecule has 4 aromatic rings. The Kier molecular flexibility index (Phi) is 7.62. The van der Waals surface area contributed by atoms with Crippen LogP contribution in [0.3, 0.4) is 0 Å². The maximum absolute atomic E-state index is 12.9. The number of rotatable bonds is 9. The molecule has 34 heavy (non-hydrogen) atoms. The summed E-state index contributed by atoms with van der Waals surface area (Å²) in [5.41, 5.74) is 3.08. The molecule has 0 spiro atoms. The van der Waals surface area contributed by atoms with Crippen molar-refractivity contribution in [1.29, 1.82) is 0 Å². The lowest BCUT2D eigenvalue weighted by Gasteiger charge is -2.07. The largest absolute Gasteiger partial charge is 0.378 e. The number of benzene rings is 1. The van der Waals surface area contributed by atoms with E-state index in [2.05, 4.69) is 10.4 Å². The third-order valence-electron chi connectivity index (χ3n) is 5.27. The molecule has 0 fully saturated rings. The Bertz CT molecular complexity index is 1340. The number of amides is 1. The SMILES string of the molecule is COCc1nn(Cc2ccc(Cn3ccccc3=O)cc2)cc1C(=O)NCc1sc(C)cc1Cl. The number of pyridine rings is 1. The Balaban J connectivity index is 1.44. The lowest BCUT2D eigenvalue weighted by molar-refractivity contribution is 0.0946. The number of ether oxygens (including phenoxy) is 1. The van der Waals surface area contributed by atoms with E-state index >= 15 is 0 Å². The number of carbonyl (C=O) groups is 1. The fraction of sp³-hybridized carbons (Fsp3) is 0.240. The van der Waals surface area contributed by atoms with E-state index < -0.39 is 0 Å². The van der Waals surface area contributed by atoms with Crippen LogP contribution in [-0.2, 0) is 31.0 Å². The zero-order valence-electron chi connectivity index (χ0n) is 19.0. The number of hydrogen-bond donors (Lipinski definition) is 1. The Hall–Kier alpha value is -3.20. The van der Waals surface area contributed by atoms with Crippen LogP contribution >= 0.6 is 22.9 Å². The molecule has 0 atom stereocenters. The number of nitrogens with zero attached hydrogens (tertiary/aromatic N) is 3. The van der Waals surface area contributed by atoms with Crippen LogP contribution in [0.4, 0.5) is 0 Å². The summed E-state index contributed by atoms with van der Waals surface area (Å²) in [6, 6.07) is 15.0. The number of nitrogens with one attached hydrogen (secondary N) is 1. The van der Waals surface area contributed by atoms with E-state index in [4.69, 9.17) is 16.3 Å². The maximum Gasteiger partial charge on any atom is 0.255 e. The number of carbonyl (C=O) groups excluding carboxylic acids is 1.